The number of aromatic nitrogens is 1. The molecule has 3 aromatic carbocycles. The number of benzene rings is 3. The van der Waals surface area contributed by atoms with Crippen LogP contribution in [0, 0.1) is 5.92 Å². The number of nitrogens with zero attached hydrogens (tertiary/aromatic N) is 1. The van der Waals surface area contributed by atoms with Gasteiger partial charge in [0.25, 0.3) is 0 Å². The Balaban J connectivity index is 1.34. The molecule has 1 aliphatic heterocycles. The van der Waals surface area contributed by atoms with E-state index < -0.39 is 22.3 Å². The largest absolute Gasteiger partial charge is 0.478 e. The van der Waals surface area contributed by atoms with Crippen LogP contribution in [0.25, 0.3) is 0 Å². The summed E-state index contributed by atoms with van der Waals surface area (Å²) in [7, 11) is -3.64. The molecule has 4 aromatic rings. The highest BCUT2D eigenvalue weighted by Crippen LogP contribution is 2.43. The topological polar surface area (TPSA) is 135 Å². The molecule has 1 saturated heterocycles. The van der Waals surface area contributed by atoms with Crippen LogP contribution in [0.15, 0.2) is 107 Å². The SMILES string of the molecule is C[C@H]1[C@@H](CSc2ncccc2C(=O)O)OC(c2ccc(CNS(=O)(=O)c3ccccc3)cc2)O[C@H]1c1ccc(CO)cc1. The number of aromatic carboxylic acids is 1. The number of ether oxygens (including phenoxy) is 2. The molecule has 43 heavy (non-hydrogen) atoms. The standard InChI is InChI=1S/C32H32N2O7S2/c1-21-28(20-42-30-27(31(36)37)8-5-17-33-30)40-32(41-29(21)24-13-11-23(19-35)12-14-24)25-15-9-22(10-16-25)18-34-43(38,39)26-6-3-2-4-7-26/h2-17,21,28-29,32,34-35H,18-20H2,1H3,(H,36,37)/t21-,28+,29+,32?/m0/s1. The molecular formula is C32H32N2O7S2. The number of sulfonamides is 1. The first kappa shape index (κ1) is 30.9. The highest BCUT2D eigenvalue weighted by molar-refractivity contribution is 7.99. The number of hydrogen-bond donors (Lipinski definition) is 3. The molecule has 2 heterocycles. The van der Waals surface area contributed by atoms with Gasteiger partial charge in [0.1, 0.15) is 5.03 Å². The Morgan fingerprint density at radius 2 is 1.58 bits per heavy atom. The third-order valence-electron chi connectivity index (χ3n) is 7.28. The van der Waals surface area contributed by atoms with Crippen molar-refractivity contribution in [1.82, 2.24) is 9.71 Å². The summed E-state index contributed by atoms with van der Waals surface area (Å²) in [6.07, 6.45) is 0.199. The van der Waals surface area contributed by atoms with E-state index >= 15 is 0 Å². The number of aliphatic hydroxyl groups is 1. The summed E-state index contributed by atoms with van der Waals surface area (Å²) in [5.74, 6) is -0.682. The van der Waals surface area contributed by atoms with Crippen LogP contribution in [0.3, 0.4) is 0 Å². The highest BCUT2D eigenvalue weighted by atomic mass is 32.2. The zero-order valence-electron chi connectivity index (χ0n) is 23.4. The molecule has 0 amide bonds. The summed E-state index contributed by atoms with van der Waals surface area (Å²) in [6.45, 7) is 2.09. The van der Waals surface area contributed by atoms with Crippen molar-refractivity contribution in [2.24, 2.45) is 5.92 Å². The van der Waals surface area contributed by atoms with Crippen molar-refractivity contribution in [3.63, 3.8) is 0 Å². The van der Waals surface area contributed by atoms with Crippen LogP contribution in [0.4, 0.5) is 0 Å². The zero-order valence-corrected chi connectivity index (χ0v) is 25.0. The van der Waals surface area contributed by atoms with Crippen LogP contribution in [-0.2, 0) is 32.6 Å². The number of carboxylic acid groups (broad SMARTS) is 1. The fourth-order valence-corrected chi connectivity index (χ4v) is 6.98. The van der Waals surface area contributed by atoms with E-state index in [4.69, 9.17) is 9.47 Å². The van der Waals surface area contributed by atoms with E-state index in [1.807, 2.05) is 55.5 Å². The molecular weight excluding hydrogens is 588 g/mol. The molecule has 1 fully saturated rings. The normalized spacial score (nSPS) is 20.5. The first-order chi connectivity index (χ1) is 20.7. The van der Waals surface area contributed by atoms with Crippen molar-refractivity contribution in [1.29, 1.82) is 0 Å². The molecule has 11 heteroatoms. The van der Waals surface area contributed by atoms with Crippen molar-refractivity contribution >= 4 is 27.8 Å². The van der Waals surface area contributed by atoms with Gasteiger partial charge in [-0.25, -0.2) is 22.9 Å². The second kappa shape index (κ2) is 13.8. The molecule has 224 valence electrons. The number of aliphatic hydroxyl groups excluding tert-OH is 1. The Bertz CT molecular complexity index is 1630. The maximum absolute atomic E-state index is 12.6. The summed E-state index contributed by atoms with van der Waals surface area (Å²) in [6, 6.07) is 26.3. The number of carboxylic acids is 1. The van der Waals surface area contributed by atoms with Gasteiger partial charge >= 0.3 is 5.97 Å². The van der Waals surface area contributed by atoms with E-state index in [0.717, 1.165) is 22.3 Å². The van der Waals surface area contributed by atoms with Gasteiger partial charge in [-0.05, 0) is 41.0 Å². The Morgan fingerprint density at radius 1 is 0.907 bits per heavy atom. The Kier molecular flexibility index (Phi) is 9.91. The molecule has 0 spiro atoms. The molecule has 0 radical (unpaired) electrons. The number of thioether (sulfide) groups is 1. The number of pyridine rings is 1. The van der Waals surface area contributed by atoms with Crippen molar-refractivity contribution in [3.8, 4) is 0 Å². The van der Waals surface area contributed by atoms with E-state index in [9.17, 15) is 23.4 Å². The van der Waals surface area contributed by atoms with Crippen LogP contribution in [0.5, 0.6) is 0 Å². The third kappa shape index (κ3) is 7.50. The molecule has 1 unspecified atom stereocenters. The number of hydrogen-bond acceptors (Lipinski definition) is 8. The van der Waals surface area contributed by atoms with E-state index in [1.54, 1.807) is 42.6 Å². The first-order valence-corrected chi connectivity index (χ1v) is 16.2. The van der Waals surface area contributed by atoms with E-state index in [2.05, 4.69) is 9.71 Å². The number of rotatable bonds is 11. The fraction of sp³-hybridized carbons (Fsp3) is 0.250. The summed E-state index contributed by atoms with van der Waals surface area (Å²) in [4.78, 5) is 16.2. The Hall–Kier alpha value is -3.58. The third-order valence-corrected chi connectivity index (χ3v) is 9.79. The van der Waals surface area contributed by atoms with Gasteiger partial charge in [-0.3, -0.25) is 0 Å². The van der Waals surface area contributed by atoms with Crippen molar-refractivity contribution in [3.05, 3.63) is 125 Å². The summed E-state index contributed by atoms with van der Waals surface area (Å²) < 4.78 is 40.8. The quantitative estimate of drug-likeness (QED) is 0.190. The summed E-state index contributed by atoms with van der Waals surface area (Å²) in [5, 5.41) is 19.5. The van der Waals surface area contributed by atoms with Gasteiger partial charge in [0, 0.05) is 30.0 Å². The predicted octanol–water partition coefficient (Wildman–Crippen LogP) is 5.33. The lowest BCUT2D eigenvalue weighted by Gasteiger charge is -2.41. The van der Waals surface area contributed by atoms with Crippen LogP contribution in [-0.4, -0.2) is 41.4 Å². The second-order valence-electron chi connectivity index (χ2n) is 10.2. The van der Waals surface area contributed by atoms with Crippen LogP contribution < -0.4 is 4.72 Å². The molecule has 0 aliphatic carbocycles. The van der Waals surface area contributed by atoms with Crippen molar-refractivity contribution in [2.45, 2.75) is 48.5 Å². The van der Waals surface area contributed by atoms with Crippen molar-refractivity contribution < 1.29 is 32.9 Å². The monoisotopic (exact) mass is 620 g/mol. The molecule has 5 rings (SSSR count). The van der Waals surface area contributed by atoms with Crippen LogP contribution in [0.2, 0.25) is 0 Å². The maximum Gasteiger partial charge on any atom is 0.338 e. The van der Waals surface area contributed by atoms with Gasteiger partial charge < -0.3 is 19.7 Å². The summed E-state index contributed by atoms with van der Waals surface area (Å²) >= 11 is 1.32. The average molecular weight is 621 g/mol. The molecule has 3 N–H and O–H groups in total. The van der Waals surface area contributed by atoms with E-state index in [1.165, 1.54) is 17.8 Å². The first-order valence-electron chi connectivity index (χ1n) is 13.7. The van der Waals surface area contributed by atoms with Gasteiger partial charge in [0.2, 0.25) is 10.0 Å². The summed E-state index contributed by atoms with van der Waals surface area (Å²) in [5.41, 5.74) is 3.40. The van der Waals surface area contributed by atoms with Gasteiger partial charge in [-0.2, -0.15) is 0 Å². The average Bonchev–Trinajstić information content (AvgIpc) is 3.04. The van der Waals surface area contributed by atoms with E-state index in [0.29, 0.717) is 10.8 Å². The van der Waals surface area contributed by atoms with Gasteiger partial charge in [0.15, 0.2) is 6.29 Å². The molecule has 0 bridgehead atoms. The minimum absolute atomic E-state index is 0.0593. The lowest BCUT2D eigenvalue weighted by atomic mass is 9.91. The minimum Gasteiger partial charge on any atom is -0.478 e. The van der Waals surface area contributed by atoms with Crippen LogP contribution in [0.1, 0.15) is 51.9 Å². The smallest absolute Gasteiger partial charge is 0.338 e. The van der Waals surface area contributed by atoms with Crippen LogP contribution >= 0.6 is 11.8 Å². The lowest BCUT2D eigenvalue weighted by Crippen LogP contribution is -2.38. The van der Waals surface area contributed by atoms with Crippen molar-refractivity contribution in [2.75, 3.05) is 5.75 Å². The maximum atomic E-state index is 12.6. The van der Waals surface area contributed by atoms with Gasteiger partial charge in [-0.1, -0.05) is 73.7 Å². The molecule has 0 saturated carbocycles. The molecule has 1 aromatic heterocycles. The second-order valence-corrected chi connectivity index (χ2v) is 12.9. The van der Waals surface area contributed by atoms with E-state index in [-0.39, 0.29) is 41.7 Å². The van der Waals surface area contributed by atoms with Gasteiger partial charge in [-0.15, -0.1) is 11.8 Å². The predicted molar refractivity (Wildman–Crippen MR) is 162 cm³/mol. The number of carbonyl (C=O) groups is 1. The minimum atomic E-state index is -3.64. The highest BCUT2D eigenvalue weighted by Gasteiger charge is 2.38. The Morgan fingerprint density at radius 3 is 2.26 bits per heavy atom. The number of nitrogens with one attached hydrogen (secondary N) is 1. The molecule has 1 aliphatic rings. The lowest BCUT2D eigenvalue weighted by molar-refractivity contribution is -0.268. The zero-order chi connectivity index (χ0) is 30.4. The fourth-order valence-electron chi connectivity index (χ4n) is 4.79. The van der Waals surface area contributed by atoms with Gasteiger partial charge in [0.05, 0.1) is 29.3 Å². The Labute approximate surface area is 255 Å². The molecule has 9 nitrogen and oxygen atoms in total. The molecule has 4 atom stereocenters.